The lowest BCUT2D eigenvalue weighted by atomic mass is 10.1. The van der Waals surface area contributed by atoms with Crippen molar-refractivity contribution in [3.63, 3.8) is 0 Å². The molecule has 2 aromatic rings. The summed E-state index contributed by atoms with van der Waals surface area (Å²) in [5.41, 5.74) is 1.36. The molecule has 3 rings (SSSR count). The number of amides is 3. The van der Waals surface area contributed by atoms with Gasteiger partial charge in [0, 0.05) is 0 Å². The Kier molecular flexibility index (Phi) is 4.90. The summed E-state index contributed by atoms with van der Waals surface area (Å²) >= 11 is 0. The molecular formula is C20H16N2O4. The van der Waals surface area contributed by atoms with Crippen LogP contribution in [-0.2, 0) is 4.79 Å². The second-order valence-corrected chi connectivity index (χ2v) is 5.37. The fraction of sp³-hybridized carbons (Fsp3) is 0.100. The van der Waals surface area contributed by atoms with Gasteiger partial charge in [-0.25, -0.2) is 9.69 Å². The first-order chi connectivity index (χ1) is 12.6. The van der Waals surface area contributed by atoms with Crippen LogP contribution in [0.2, 0.25) is 0 Å². The highest BCUT2D eigenvalue weighted by Gasteiger charge is 2.34. The molecule has 0 radical (unpaired) electrons. The Labute approximate surface area is 151 Å². The van der Waals surface area contributed by atoms with E-state index in [1.165, 1.54) is 7.11 Å². The number of carbonyl (C=O) groups is 2. The minimum atomic E-state index is -0.492. The number of urea groups is 1. The van der Waals surface area contributed by atoms with E-state index in [4.69, 9.17) is 15.9 Å². The van der Waals surface area contributed by atoms with Gasteiger partial charge in [0.1, 0.15) is 12.3 Å². The number of hydrogen-bond acceptors (Lipinski definition) is 4. The maximum absolute atomic E-state index is 12.6. The summed E-state index contributed by atoms with van der Waals surface area (Å²) in [5, 5.41) is 2.59. The molecule has 1 N–H and O–H groups in total. The second-order valence-electron chi connectivity index (χ2n) is 5.37. The van der Waals surface area contributed by atoms with E-state index in [2.05, 4.69) is 11.2 Å². The molecule has 1 saturated heterocycles. The molecule has 0 atom stereocenters. The molecule has 6 heteroatoms. The third-order valence-corrected chi connectivity index (χ3v) is 3.70. The van der Waals surface area contributed by atoms with E-state index in [1.54, 1.807) is 48.5 Å². The summed E-state index contributed by atoms with van der Waals surface area (Å²) in [4.78, 5) is 25.8. The zero-order valence-electron chi connectivity index (χ0n) is 14.1. The normalized spacial score (nSPS) is 14.9. The van der Waals surface area contributed by atoms with Crippen molar-refractivity contribution < 1.29 is 19.1 Å². The third kappa shape index (κ3) is 3.37. The van der Waals surface area contributed by atoms with Gasteiger partial charge >= 0.3 is 6.03 Å². The maximum Gasteiger partial charge on any atom is 0.333 e. The molecule has 3 amide bonds. The summed E-state index contributed by atoms with van der Waals surface area (Å²) in [5.74, 6) is 2.94. The zero-order valence-corrected chi connectivity index (χ0v) is 14.1. The molecule has 0 spiro atoms. The Morgan fingerprint density at radius 3 is 2.62 bits per heavy atom. The fourth-order valence-electron chi connectivity index (χ4n) is 2.53. The van der Waals surface area contributed by atoms with Gasteiger partial charge in [-0.2, -0.15) is 0 Å². The molecule has 2 aromatic carbocycles. The quantitative estimate of drug-likeness (QED) is 0.513. The molecule has 26 heavy (non-hydrogen) atoms. The van der Waals surface area contributed by atoms with Gasteiger partial charge in [0.05, 0.1) is 12.8 Å². The van der Waals surface area contributed by atoms with Crippen LogP contribution in [0.3, 0.4) is 0 Å². The molecule has 0 saturated carbocycles. The van der Waals surface area contributed by atoms with E-state index in [0.29, 0.717) is 22.7 Å². The summed E-state index contributed by atoms with van der Waals surface area (Å²) in [6.45, 7) is 0.122. The smallest absolute Gasteiger partial charge is 0.333 e. The minimum absolute atomic E-state index is 0.122. The molecule has 0 aliphatic carbocycles. The predicted molar refractivity (Wildman–Crippen MR) is 97.8 cm³/mol. The summed E-state index contributed by atoms with van der Waals surface area (Å²) < 4.78 is 10.7. The molecule has 1 aliphatic heterocycles. The van der Waals surface area contributed by atoms with Crippen molar-refractivity contribution in [2.24, 2.45) is 0 Å². The largest absolute Gasteiger partial charge is 0.493 e. The number of terminal acetylenes is 1. The van der Waals surface area contributed by atoms with E-state index in [9.17, 15) is 9.59 Å². The Bertz CT molecular complexity index is 913. The first kappa shape index (κ1) is 17.1. The highest BCUT2D eigenvalue weighted by molar-refractivity contribution is 6.28. The average molecular weight is 348 g/mol. The SMILES string of the molecule is C#CCOc1ccc(C=C2NC(=O)N(c3ccccc3)C2=O)cc1OC. The Morgan fingerprint density at radius 1 is 1.15 bits per heavy atom. The van der Waals surface area contributed by atoms with Gasteiger partial charge in [0.15, 0.2) is 11.5 Å². The lowest BCUT2D eigenvalue weighted by molar-refractivity contribution is -0.113. The summed E-state index contributed by atoms with van der Waals surface area (Å²) in [7, 11) is 1.51. The first-order valence-corrected chi connectivity index (χ1v) is 7.80. The number of rotatable bonds is 5. The molecule has 0 bridgehead atoms. The van der Waals surface area contributed by atoms with Crippen LogP contribution in [0.15, 0.2) is 54.2 Å². The van der Waals surface area contributed by atoms with Crippen LogP contribution in [0.4, 0.5) is 10.5 Å². The van der Waals surface area contributed by atoms with Crippen LogP contribution in [0.25, 0.3) is 6.08 Å². The second kappa shape index (κ2) is 7.45. The van der Waals surface area contributed by atoms with Crippen LogP contribution in [-0.4, -0.2) is 25.7 Å². The van der Waals surface area contributed by atoms with Crippen molar-refractivity contribution in [3.05, 3.63) is 59.8 Å². The molecule has 130 valence electrons. The number of carbonyl (C=O) groups excluding carboxylic acids is 2. The van der Waals surface area contributed by atoms with Crippen molar-refractivity contribution in [1.82, 2.24) is 5.32 Å². The van der Waals surface area contributed by atoms with E-state index in [-0.39, 0.29) is 12.3 Å². The van der Waals surface area contributed by atoms with Crippen molar-refractivity contribution in [2.45, 2.75) is 0 Å². The minimum Gasteiger partial charge on any atom is -0.493 e. The standard InChI is InChI=1S/C20H16N2O4/c1-3-11-26-17-10-9-14(13-18(17)25-2)12-16-19(23)22(20(24)21-16)15-7-5-4-6-8-15/h1,4-10,12-13H,11H2,2H3,(H,21,24). The van der Waals surface area contributed by atoms with Crippen LogP contribution in [0, 0.1) is 12.3 Å². The zero-order chi connectivity index (χ0) is 18.5. The van der Waals surface area contributed by atoms with Crippen LogP contribution in [0.1, 0.15) is 5.56 Å². The van der Waals surface area contributed by atoms with Crippen molar-refractivity contribution >= 4 is 23.7 Å². The Morgan fingerprint density at radius 2 is 1.92 bits per heavy atom. The molecular weight excluding hydrogens is 332 g/mol. The Balaban J connectivity index is 1.88. The number of para-hydroxylation sites is 1. The number of imide groups is 1. The van der Waals surface area contributed by atoms with Gasteiger partial charge in [-0.1, -0.05) is 30.2 Å². The van der Waals surface area contributed by atoms with E-state index >= 15 is 0 Å². The molecule has 6 nitrogen and oxygen atoms in total. The lowest BCUT2D eigenvalue weighted by Crippen LogP contribution is -2.30. The van der Waals surface area contributed by atoms with E-state index in [0.717, 1.165) is 4.90 Å². The van der Waals surface area contributed by atoms with Gasteiger partial charge in [0.25, 0.3) is 5.91 Å². The van der Waals surface area contributed by atoms with Crippen molar-refractivity contribution in [3.8, 4) is 23.8 Å². The average Bonchev–Trinajstić information content (AvgIpc) is 2.94. The molecule has 1 heterocycles. The van der Waals surface area contributed by atoms with Gasteiger partial charge in [-0.05, 0) is 35.9 Å². The van der Waals surface area contributed by atoms with E-state index < -0.39 is 11.9 Å². The lowest BCUT2D eigenvalue weighted by Gasteiger charge is -2.11. The third-order valence-electron chi connectivity index (χ3n) is 3.70. The fourth-order valence-corrected chi connectivity index (χ4v) is 2.53. The van der Waals surface area contributed by atoms with Gasteiger partial charge in [-0.3, -0.25) is 4.79 Å². The summed E-state index contributed by atoms with van der Waals surface area (Å²) in [6, 6.07) is 13.4. The maximum atomic E-state index is 12.6. The van der Waals surface area contributed by atoms with Crippen molar-refractivity contribution in [1.29, 1.82) is 0 Å². The van der Waals surface area contributed by atoms with Crippen LogP contribution >= 0.6 is 0 Å². The molecule has 0 unspecified atom stereocenters. The summed E-state index contributed by atoms with van der Waals surface area (Å²) in [6.07, 6.45) is 6.77. The number of anilines is 1. The first-order valence-electron chi connectivity index (χ1n) is 7.80. The number of nitrogens with zero attached hydrogens (tertiary/aromatic N) is 1. The predicted octanol–water partition coefficient (Wildman–Crippen LogP) is 2.80. The van der Waals surface area contributed by atoms with Crippen LogP contribution in [0.5, 0.6) is 11.5 Å². The number of nitrogens with one attached hydrogen (secondary N) is 1. The molecule has 1 fully saturated rings. The number of ether oxygens (including phenoxy) is 2. The topological polar surface area (TPSA) is 67.9 Å². The number of hydrogen-bond donors (Lipinski definition) is 1. The molecule has 0 aromatic heterocycles. The van der Waals surface area contributed by atoms with E-state index in [1.807, 2.05) is 6.07 Å². The monoisotopic (exact) mass is 348 g/mol. The van der Waals surface area contributed by atoms with Gasteiger partial charge < -0.3 is 14.8 Å². The van der Waals surface area contributed by atoms with Gasteiger partial charge in [0.2, 0.25) is 0 Å². The number of benzene rings is 2. The van der Waals surface area contributed by atoms with Crippen molar-refractivity contribution in [2.75, 3.05) is 18.6 Å². The van der Waals surface area contributed by atoms with Crippen LogP contribution < -0.4 is 19.7 Å². The molecule has 1 aliphatic rings. The van der Waals surface area contributed by atoms with Gasteiger partial charge in [-0.15, -0.1) is 6.42 Å². The highest BCUT2D eigenvalue weighted by atomic mass is 16.5. The Hall–Kier alpha value is -3.72. The highest BCUT2D eigenvalue weighted by Crippen LogP contribution is 2.29. The number of methoxy groups -OCH3 is 1.